The minimum absolute atomic E-state index is 0.00760. The summed E-state index contributed by atoms with van der Waals surface area (Å²) in [6.45, 7) is 9.59. The Morgan fingerprint density at radius 3 is 2.55 bits per heavy atom. The first-order chi connectivity index (χ1) is 13.8. The zero-order valence-electron chi connectivity index (χ0n) is 17.2. The summed E-state index contributed by atoms with van der Waals surface area (Å²) in [7, 11) is 0. The van der Waals surface area contributed by atoms with Gasteiger partial charge in [0.1, 0.15) is 17.9 Å². The van der Waals surface area contributed by atoms with E-state index < -0.39 is 0 Å². The number of nitrogens with zero attached hydrogens (tertiary/aromatic N) is 5. The van der Waals surface area contributed by atoms with Crippen LogP contribution in [0.15, 0.2) is 28.9 Å². The van der Waals surface area contributed by atoms with Gasteiger partial charge >= 0.3 is 0 Å². The molecule has 2 aromatic rings. The number of fused-ring (bicyclic) bond motifs is 1. The zero-order valence-corrected chi connectivity index (χ0v) is 17.2. The van der Waals surface area contributed by atoms with E-state index in [1.807, 2.05) is 30.0 Å². The van der Waals surface area contributed by atoms with Gasteiger partial charge in [0.25, 0.3) is 0 Å². The number of carbonyl (C=O) groups excluding carboxylic acids is 2. The monoisotopic (exact) mass is 397 g/mol. The Balaban J connectivity index is 1.39. The van der Waals surface area contributed by atoms with Crippen LogP contribution < -0.4 is 4.90 Å². The normalized spacial score (nSPS) is 19.3. The van der Waals surface area contributed by atoms with E-state index in [9.17, 15) is 9.59 Å². The molecule has 1 saturated heterocycles. The second kappa shape index (κ2) is 7.59. The predicted molar refractivity (Wildman–Crippen MR) is 107 cm³/mol. The summed E-state index contributed by atoms with van der Waals surface area (Å²) in [5.41, 5.74) is 3.40. The van der Waals surface area contributed by atoms with Crippen LogP contribution in [-0.2, 0) is 21.5 Å². The number of benzene rings is 1. The van der Waals surface area contributed by atoms with Crippen LogP contribution in [0.4, 0.5) is 5.69 Å². The maximum atomic E-state index is 12.9. The molecule has 1 fully saturated rings. The largest absolute Gasteiger partial charge is 0.339 e. The third-order valence-corrected chi connectivity index (χ3v) is 5.96. The summed E-state index contributed by atoms with van der Waals surface area (Å²) in [6.07, 6.45) is 0.413. The van der Waals surface area contributed by atoms with Gasteiger partial charge in [-0.1, -0.05) is 42.4 Å². The zero-order chi connectivity index (χ0) is 20.6. The molecule has 0 unspecified atom stereocenters. The third-order valence-electron chi connectivity index (χ3n) is 5.96. The Hall–Kier alpha value is -2.74. The summed E-state index contributed by atoms with van der Waals surface area (Å²) < 4.78 is 4.76. The highest BCUT2D eigenvalue weighted by Crippen LogP contribution is 2.39. The van der Waals surface area contributed by atoms with Crippen LogP contribution in [0.3, 0.4) is 0 Å². The van der Waals surface area contributed by atoms with Gasteiger partial charge in [0.05, 0.1) is 0 Å². The van der Waals surface area contributed by atoms with Crippen molar-refractivity contribution in [2.45, 2.75) is 39.2 Å². The fourth-order valence-electron chi connectivity index (χ4n) is 4.15. The molecule has 0 radical (unpaired) electrons. The van der Waals surface area contributed by atoms with Crippen molar-refractivity contribution in [2.75, 3.05) is 37.6 Å². The summed E-state index contributed by atoms with van der Waals surface area (Å²) in [5.74, 6) is 0.00138. The minimum atomic E-state index is -0.215. The molecule has 0 aliphatic carbocycles. The maximum absolute atomic E-state index is 12.9. The van der Waals surface area contributed by atoms with Crippen molar-refractivity contribution in [2.24, 2.45) is 0 Å². The number of carbonyl (C=O) groups is 2. The van der Waals surface area contributed by atoms with Gasteiger partial charge in [-0.2, -0.15) is 0 Å². The van der Waals surface area contributed by atoms with Crippen LogP contribution >= 0.6 is 0 Å². The number of hydrogen-bond acceptors (Lipinski definition) is 6. The van der Waals surface area contributed by atoms with Gasteiger partial charge in [0.15, 0.2) is 0 Å². The number of amides is 2. The van der Waals surface area contributed by atoms with Crippen molar-refractivity contribution in [3.63, 3.8) is 0 Å². The smallest absolute Gasteiger partial charge is 0.242 e. The van der Waals surface area contributed by atoms with Crippen molar-refractivity contribution in [1.29, 1.82) is 0 Å². The van der Waals surface area contributed by atoms with Gasteiger partial charge in [-0.15, -0.1) is 0 Å². The molecule has 1 aromatic heterocycles. The Kier molecular flexibility index (Phi) is 5.12. The van der Waals surface area contributed by atoms with E-state index in [2.05, 4.69) is 35.1 Å². The number of anilines is 1. The van der Waals surface area contributed by atoms with Gasteiger partial charge in [0, 0.05) is 50.2 Å². The van der Waals surface area contributed by atoms with E-state index in [4.69, 9.17) is 4.63 Å². The molecule has 0 atom stereocenters. The van der Waals surface area contributed by atoms with E-state index in [0.29, 0.717) is 26.1 Å². The molecule has 3 heterocycles. The summed E-state index contributed by atoms with van der Waals surface area (Å²) in [6, 6.07) is 7.90. The molecule has 0 N–H and O–H groups in total. The van der Waals surface area contributed by atoms with E-state index in [1.165, 1.54) is 0 Å². The average Bonchev–Trinajstić information content (AvgIpc) is 3.10. The molecule has 4 rings (SSSR count). The summed E-state index contributed by atoms with van der Waals surface area (Å²) in [5, 5.41) is 7.74. The van der Waals surface area contributed by atoms with E-state index in [-0.39, 0.29) is 23.8 Å². The highest BCUT2D eigenvalue weighted by Gasteiger charge is 2.37. The van der Waals surface area contributed by atoms with Gasteiger partial charge < -0.3 is 9.80 Å². The van der Waals surface area contributed by atoms with E-state index >= 15 is 0 Å². The molecule has 0 bridgehead atoms. The van der Waals surface area contributed by atoms with Crippen LogP contribution in [0.5, 0.6) is 0 Å². The number of aromatic nitrogens is 2. The fraction of sp³-hybridized carbons (Fsp3) is 0.524. The highest BCUT2D eigenvalue weighted by molar-refractivity contribution is 6.02. The van der Waals surface area contributed by atoms with Crippen LogP contribution in [0.1, 0.15) is 37.2 Å². The van der Waals surface area contributed by atoms with Crippen LogP contribution in [-0.4, -0.2) is 64.7 Å². The number of piperazine rings is 1. The summed E-state index contributed by atoms with van der Waals surface area (Å²) >= 11 is 0. The Morgan fingerprint density at radius 2 is 1.86 bits per heavy atom. The molecular weight excluding hydrogens is 370 g/mol. The van der Waals surface area contributed by atoms with Gasteiger partial charge in [0.2, 0.25) is 11.8 Å². The van der Waals surface area contributed by atoms with Crippen LogP contribution in [0.2, 0.25) is 0 Å². The maximum Gasteiger partial charge on any atom is 0.242 e. The lowest BCUT2D eigenvalue weighted by Crippen LogP contribution is -2.53. The van der Waals surface area contributed by atoms with E-state index in [0.717, 1.165) is 35.7 Å². The lowest BCUT2D eigenvalue weighted by atomic mass is 9.77. The molecule has 0 spiro atoms. The first-order valence-electron chi connectivity index (χ1n) is 10.0. The van der Waals surface area contributed by atoms with Gasteiger partial charge in [-0.3, -0.25) is 14.5 Å². The lowest BCUT2D eigenvalue weighted by molar-refractivity contribution is -0.133. The van der Waals surface area contributed by atoms with Crippen molar-refractivity contribution < 1.29 is 14.2 Å². The standard InChI is InChI=1S/C21H27N5O3/c1-15-17(23-29-22-15)13-24-8-10-25(11-9-24)20(28)14-26-18-7-5-4-6-16(18)21(2,3)12-19(26)27/h4-7H,8-14H2,1-3H3. The van der Waals surface area contributed by atoms with Crippen LogP contribution in [0, 0.1) is 6.92 Å². The predicted octanol–water partition coefficient (Wildman–Crippen LogP) is 1.74. The number of hydrogen-bond donors (Lipinski definition) is 0. The molecule has 29 heavy (non-hydrogen) atoms. The van der Waals surface area contributed by atoms with Gasteiger partial charge in [-0.05, 0) is 18.6 Å². The Bertz CT molecular complexity index is 915. The number of aryl methyl sites for hydroxylation is 1. The second-order valence-electron chi connectivity index (χ2n) is 8.51. The molecule has 154 valence electrons. The third kappa shape index (κ3) is 3.89. The van der Waals surface area contributed by atoms with Crippen molar-refractivity contribution >= 4 is 17.5 Å². The molecule has 1 aromatic carbocycles. The number of para-hydroxylation sites is 1. The summed E-state index contributed by atoms with van der Waals surface area (Å²) in [4.78, 5) is 31.5. The molecule has 2 aliphatic heterocycles. The molecular formula is C21H27N5O3. The first kappa shape index (κ1) is 19.6. The Morgan fingerprint density at radius 1 is 1.14 bits per heavy atom. The lowest BCUT2D eigenvalue weighted by Gasteiger charge is -2.40. The second-order valence-corrected chi connectivity index (χ2v) is 8.51. The minimum Gasteiger partial charge on any atom is -0.339 e. The average molecular weight is 397 g/mol. The van der Waals surface area contributed by atoms with Crippen LogP contribution in [0.25, 0.3) is 0 Å². The number of rotatable bonds is 4. The molecule has 2 aliphatic rings. The van der Waals surface area contributed by atoms with Crippen molar-refractivity contribution in [1.82, 2.24) is 20.1 Å². The topological polar surface area (TPSA) is 82.8 Å². The van der Waals surface area contributed by atoms with Crippen molar-refractivity contribution in [3.05, 3.63) is 41.2 Å². The Labute approximate surface area is 170 Å². The van der Waals surface area contributed by atoms with E-state index in [1.54, 1.807) is 4.90 Å². The highest BCUT2D eigenvalue weighted by atomic mass is 16.6. The fourth-order valence-corrected chi connectivity index (χ4v) is 4.15. The first-order valence-corrected chi connectivity index (χ1v) is 10.0. The van der Waals surface area contributed by atoms with Gasteiger partial charge in [-0.25, -0.2) is 4.63 Å². The van der Waals surface area contributed by atoms with Crippen molar-refractivity contribution in [3.8, 4) is 0 Å². The molecule has 0 saturated carbocycles. The quantitative estimate of drug-likeness (QED) is 0.782. The SMILES string of the molecule is Cc1nonc1CN1CCN(C(=O)CN2C(=O)CC(C)(C)c3ccccc32)CC1. The molecule has 8 heteroatoms. The molecule has 8 nitrogen and oxygen atoms in total. The molecule has 2 amide bonds.